The summed E-state index contributed by atoms with van der Waals surface area (Å²) in [5.41, 5.74) is 13.1. The van der Waals surface area contributed by atoms with Crippen molar-refractivity contribution in [3.8, 4) is 0 Å². The highest BCUT2D eigenvalue weighted by atomic mass is 15.3. The number of nitrogens with one attached hydrogen (secondary N) is 2. The van der Waals surface area contributed by atoms with Crippen molar-refractivity contribution in [3.05, 3.63) is 40.1 Å². The number of allylic oxidation sites excluding steroid dienone is 2. The molecule has 2 heterocycles. The molecule has 3 fully saturated rings. The zero-order valence-corrected chi connectivity index (χ0v) is 20.7. The standard InChI is InChI=1S/C26H42N6/c1-18(2)14-23(20(15-27)24(28)29-5)31-13-6-22-21(16-31)19(3)30-32(22)17-26-10-7-25(4,8-11-26)9-12-26/h14-15,18,27,29H,6-13,16-17,28H2,1-5H3/b23-14+,24-20+,27-15?. The first kappa shape index (κ1) is 22.9. The van der Waals surface area contributed by atoms with E-state index in [1.54, 1.807) is 0 Å². The molecule has 0 amide bonds. The Kier molecular flexibility index (Phi) is 6.17. The monoisotopic (exact) mass is 438 g/mol. The fraction of sp³-hybridized carbons (Fsp3) is 0.692. The third-order valence-electron chi connectivity index (χ3n) is 8.41. The van der Waals surface area contributed by atoms with Crippen LogP contribution in [0.15, 0.2) is 23.2 Å². The highest BCUT2D eigenvalue weighted by Crippen LogP contribution is 2.57. The van der Waals surface area contributed by atoms with E-state index in [-0.39, 0.29) is 0 Å². The zero-order chi connectivity index (χ0) is 23.1. The van der Waals surface area contributed by atoms with Crippen LogP contribution in [-0.4, -0.2) is 34.5 Å². The van der Waals surface area contributed by atoms with Gasteiger partial charge in [-0.2, -0.15) is 5.10 Å². The van der Waals surface area contributed by atoms with Gasteiger partial charge < -0.3 is 21.4 Å². The molecule has 4 aliphatic rings. The van der Waals surface area contributed by atoms with Crippen LogP contribution in [0.25, 0.3) is 0 Å². The summed E-state index contributed by atoms with van der Waals surface area (Å²) in [6.45, 7) is 11.9. The van der Waals surface area contributed by atoms with Gasteiger partial charge in [0.25, 0.3) is 0 Å². The van der Waals surface area contributed by atoms with Gasteiger partial charge in [0.05, 0.1) is 11.3 Å². The molecule has 176 valence electrons. The third-order valence-corrected chi connectivity index (χ3v) is 8.41. The Hall–Kier alpha value is -2.24. The fourth-order valence-electron chi connectivity index (χ4n) is 6.11. The number of hydrogen-bond donors (Lipinski definition) is 3. The van der Waals surface area contributed by atoms with E-state index in [0.29, 0.717) is 22.6 Å². The number of aryl methyl sites for hydroxylation is 1. The molecule has 0 atom stereocenters. The number of aromatic nitrogens is 2. The molecule has 3 aliphatic carbocycles. The van der Waals surface area contributed by atoms with Crippen LogP contribution in [-0.2, 0) is 19.5 Å². The molecule has 0 radical (unpaired) electrons. The fourth-order valence-corrected chi connectivity index (χ4v) is 6.11. The van der Waals surface area contributed by atoms with Gasteiger partial charge in [0.1, 0.15) is 5.82 Å². The minimum atomic E-state index is 0.372. The number of nitrogens with two attached hydrogens (primary N) is 1. The van der Waals surface area contributed by atoms with Gasteiger partial charge in [-0.3, -0.25) is 4.68 Å². The molecule has 6 nitrogen and oxygen atoms in total. The smallest absolute Gasteiger partial charge is 0.107 e. The molecule has 6 heteroatoms. The summed E-state index contributed by atoms with van der Waals surface area (Å²) in [4.78, 5) is 2.39. The van der Waals surface area contributed by atoms with Gasteiger partial charge in [0, 0.05) is 56.3 Å². The molecule has 32 heavy (non-hydrogen) atoms. The molecule has 2 bridgehead atoms. The van der Waals surface area contributed by atoms with Crippen LogP contribution < -0.4 is 11.1 Å². The van der Waals surface area contributed by atoms with E-state index in [9.17, 15) is 0 Å². The van der Waals surface area contributed by atoms with Crippen molar-refractivity contribution in [2.75, 3.05) is 13.6 Å². The van der Waals surface area contributed by atoms with Gasteiger partial charge in [0.2, 0.25) is 0 Å². The van der Waals surface area contributed by atoms with Gasteiger partial charge in [0.15, 0.2) is 0 Å². The van der Waals surface area contributed by atoms with Crippen LogP contribution in [0.3, 0.4) is 0 Å². The second-order valence-corrected chi connectivity index (χ2v) is 11.2. The molecule has 0 saturated heterocycles. The molecule has 3 saturated carbocycles. The lowest BCUT2D eigenvalue weighted by Crippen LogP contribution is -2.43. The first-order chi connectivity index (χ1) is 15.2. The predicted octanol–water partition coefficient (Wildman–Crippen LogP) is 4.49. The van der Waals surface area contributed by atoms with Crippen molar-refractivity contribution in [2.45, 2.75) is 85.7 Å². The van der Waals surface area contributed by atoms with Crippen molar-refractivity contribution in [1.82, 2.24) is 20.0 Å². The second-order valence-electron chi connectivity index (χ2n) is 11.2. The summed E-state index contributed by atoms with van der Waals surface area (Å²) in [7, 11) is 1.81. The largest absolute Gasteiger partial charge is 0.385 e. The number of rotatable bonds is 7. The molecule has 4 N–H and O–H groups in total. The molecular formula is C26H42N6. The van der Waals surface area contributed by atoms with Crippen molar-refractivity contribution in [3.63, 3.8) is 0 Å². The lowest BCUT2D eigenvalue weighted by atomic mass is 9.54. The van der Waals surface area contributed by atoms with Crippen LogP contribution in [0.2, 0.25) is 0 Å². The Morgan fingerprint density at radius 2 is 1.88 bits per heavy atom. The Morgan fingerprint density at radius 1 is 1.22 bits per heavy atom. The molecular weight excluding hydrogens is 396 g/mol. The van der Waals surface area contributed by atoms with Crippen molar-refractivity contribution < 1.29 is 0 Å². The number of nitrogens with zero attached hydrogens (tertiary/aromatic N) is 3. The quantitative estimate of drug-likeness (QED) is 0.433. The van der Waals surface area contributed by atoms with Crippen molar-refractivity contribution >= 4 is 6.21 Å². The maximum atomic E-state index is 8.00. The predicted molar refractivity (Wildman–Crippen MR) is 131 cm³/mol. The minimum absolute atomic E-state index is 0.372. The van der Waals surface area contributed by atoms with Crippen molar-refractivity contribution in [2.24, 2.45) is 22.5 Å². The average Bonchev–Trinajstić information content (AvgIpc) is 3.08. The van der Waals surface area contributed by atoms with Gasteiger partial charge >= 0.3 is 0 Å². The molecule has 0 aromatic carbocycles. The summed E-state index contributed by atoms with van der Waals surface area (Å²) in [5, 5.41) is 16.1. The van der Waals surface area contributed by atoms with E-state index in [1.165, 1.54) is 56.0 Å². The highest BCUT2D eigenvalue weighted by Gasteiger charge is 2.46. The number of hydrogen-bond acceptors (Lipinski definition) is 5. The first-order valence-electron chi connectivity index (χ1n) is 12.4. The van der Waals surface area contributed by atoms with E-state index in [1.807, 2.05) is 7.05 Å². The van der Waals surface area contributed by atoms with Crippen LogP contribution in [0.4, 0.5) is 0 Å². The van der Waals surface area contributed by atoms with Gasteiger partial charge in [-0.25, -0.2) is 0 Å². The van der Waals surface area contributed by atoms with E-state index >= 15 is 0 Å². The molecule has 5 rings (SSSR count). The average molecular weight is 439 g/mol. The molecule has 0 spiro atoms. The van der Waals surface area contributed by atoms with Crippen LogP contribution in [0.1, 0.15) is 76.2 Å². The van der Waals surface area contributed by atoms with Crippen LogP contribution in [0.5, 0.6) is 0 Å². The topological polar surface area (TPSA) is 83.0 Å². The summed E-state index contributed by atoms with van der Waals surface area (Å²) in [6, 6.07) is 0. The maximum absolute atomic E-state index is 8.00. The SMILES string of the molecule is CN/C(N)=C(C=N)/C(=C\C(C)C)N1CCc2c(c(C)nn2CC23CCC(C)(CC2)CC3)C1. The Balaban J connectivity index is 1.59. The van der Waals surface area contributed by atoms with Gasteiger partial charge in [-0.1, -0.05) is 26.8 Å². The second kappa shape index (κ2) is 8.60. The summed E-state index contributed by atoms with van der Waals surface area (Å²) in [5.74, 6) is 0.919. The molecule has 1 aliphatic heterocycles. The van der Waals surface area contributed by atoms with Crippen LogP contribution in [0, 0.1) is 29.1 Å². The highest BCUT2D eigenvalue weighted by molar-refractivity contribution is 5.83. The number of fused-ring (bicyclic) bond motifs is 4. The van der Waals surface area contributed by atoms with Gasteiger partial charge in [-0.15, -0.1) is 0 Å². The molecule has 1 aromatic heterocycles. The normalized spacial score (nSPS) is 28.6. The summed E-state index contributed by atoms with van der Waals surface area (Å²) < 4.78 is 2.37. The van der Waals surface area contributed by atoms with E-state index < -0.39 is 0 Å². The Morgan fingerprint density at radius 3 is 2.44 bits per heavy atom. The Labute approximate surface area is 193 Å². The minimum Gasteiger partial charge on any atom is -0.385 e. The maximum Gasteiger partial charge on any atom is 0.107 e. The van der Waals surface area contributed by atoms with E-state index in [0.717, 1.165) is 43.0 Å². The summed E-state index contributed by atoms with van der Waals surface area (Å²) >= 11 is 0. The first-order valence-corrected chi connectivity index (χ1v) is 12.4. The summed E-state index contributed by atoms with van der Waals surface area (Å²) in [6.07, 6.45) is 12.9. The van der Waals surface area contributed by atoms with E-state index in [4.69, 9.17) is 16.2 Å². The lowest BCUT2D eigenvalue weighted by molar-refractivity contribution is -0.0112. The third kappa shape index (κ3) is 4.20. The van der Waals surface area contributed by atoms with Gasteiger partial charge in [-0.05, 0) is 62.2 Å². The lowest BCUT2D eigenvalue weighted by Gasteiger charge is -2.52. The van der Waals surface area contributed by atoms with E-state index in [2.05, 4.69) is 48.7 Å². The molecule has 0 unspecified atom stereocenters. The van der Waals surface area contributed by atoms with Crippen molar-refractivity contribution in [1.29, 1.82) is 5.41 Å². The van der Waals surface area contributed by atoms with Crippen LogP contribution >= 0.6 is 0 Å². The Bertz CT molecular complexity index is 910. The zero-order valence-electron chi connectivity index (χ0n) is 20.7. The molecule has 1 aromatic rings.